The zero-order valence-corrected chi connectivity index (χ0v) is 21.6. The van der Waals surface area contributed by atoms with Gasteiger partial charge in [0.1, 0.15) is 0 Å². The van der Waals surface area contributed by atoms with E-state index in [2.05, 4.69) is 44.7 Å². The van der Waals surface area contributed by atoms with Crippen LogP contribution in [0.15, 0.2) is 30.5 Å². The standard InChI is InChI=1S/C25H36N6O3S/c1-20-5-6-21(17-22(20)29-11-3-4-12-29)18-28-14-8-25(19-28)9-15-30(16-10-25)24(32)31-13-7-23(26-31)27-35(2,33)34/h5-7,13,17H,3-4,8-12,14-16,18-19H2,1-2H3,(H,26,27). The summed E-state index contributed by atoms with van der Waals surface area (Å²) in [7, 11) is -3.42. The number of nitrogens with zero attached hydrogens (tertiary/aromatic N) is 5. The smallest absolute Gasteiger partial charge is 0.344 e. The summed E-state index contributed by atoms with van der Waals surface area (Å²) >= 11 is 0. The number of sulfonamides is 1. The van der Waals surface area contributed by atoms with Gasteiger partial charge in [0, 0.05) is 57.2 Å². The maximum Gasteiger partial charge on any atom is 0.344 e. The lowest BCUT2D eigenvalue weighted by atomic mass is 9.78. The number of rotatable bonds is 5. The second kappa shape index (κ2) is 9.46. The van der Waals surface area contributed by atoms with Gasteiger partial charge in [0.15, 0.2) is 5.82 Å². The molecule has 3 fully saturated rings. The minimum absolute atomic E-state index is 0.157. The van der Waals surface area contributed by atoms with Crippen molar-refractivity contribution < 1.29 is 13.2 Å². The van der Waals surface area contributed by atoms with Crippen molar-refractivity contribution in [3.05, 3.63) is 41.6 Å². The van der Waals surface area contributed by atoms with E-state index < -0.39 is 10.0 Å². The number of carbonyl (C=O) groups is 1. The average Bonchev–Trinajstić information content (AvgIpc) is 3.57. The van der Waals surface area contributed by atoms with Crippen molar-refractivity contribution in [1.29, 1.82) is 0 Å². The number of likely N-dealkylation sites (tertiary alicyclic amines) is 2. The van der Waals surface area contributed by atoms with E-state index in [1.165, 1.54) is 66.1 Å². The van der Waals surface area contributed by atoms with Gasteiger partial charge in [-0.2, -0.15) is 4.68 Å². The van der Waals surface area contributed by atoms with Gasteiger partial charge in [0.05, 0.1) is 6.26 Å². The quantitative estimate of drug-likeness (QED) is 0.678. The Morgan fingerprint density at radius 3 is 2.49 bits per heavy atom. The minimum Gasteiger partial charge on any atom is -0.371 e. The van der Waals surface area contributed by atoms with Crippen molar-refractivity contribution in [2.75, 3.05) is 55.1 Å². The molecule has 1 N–H and O–H groups in total. The number of nitrogens with one attached hydrogen (secondary N) is 1. The monoisotopic (exact) mass is 500 g/mol. The topological polar surface area (TPSA) is 90.8 Å². The second-order valence-electron chi connectivity index (χ2n) is 10.6. The van der Waals surface area contributed by atoms with E-state index in [-0.39, 0.29) is 17.3 Å². The minimum atomic E-state index is -3.42. The van der Waals surface area contributed by atoms with Gasteiger partial charge in [0.25, 0.3) is 0 Å². The molecule has 10 heteroatoms. The molecule has 5 rings (SSSR count). The van der Waals surface area contributed by atoms with Gasteiger partial charge >= 0.3 is 6.03 Å². The number of aromatic nitrogens is 2. The molecule has 0 unspecified atom stereocenters. The molecule has 1 spiro atoms. The van der Waals surface area contributed by atoms with Gasteiger partial charge < -0.3 is 9.80 Å². The molecule has 1 aromatic heterocycles. The molecule has 0 atom stereocenters. The summed E-state index contributed by atoms with van der Waals surface area (Å²) in [5, 5.41) is 4.08. The van der Waals surface area contributed by atoms with Crippen LogP contribution in [0.5, 0.6) is 0 Å². The van der Waals surface area contributed by atoms with Crippen LogP contribution in [0.25, 0.3) is 0 Å². The van der Waals surface area contributed by atoms with Gasteiger partial charge in [-0.1, -0.05) is 12.1 Å². The van der Waals surface area contributed by atoms with Crippen LogP contribution >= 0.6 is 0 Å². The predicted molar refractivity (Wildman–Crippen MR) is 137 cm³/mol. The first-order valence-corrected chi connectivity index (χ1v) is 14.5. The molecule has 3 saturated heterocycles. The molecule has 9 nitrogen and oxygen atoms in total. The van der Waals surface area contributed by atoms with Crippen LogP contribution in [-0.2, 0) is 16.6 Å². The Kier molecular flexibility index (Phi) is 6.52. The molecular weight excluding hydrogens is 464 g/mol. The van der Waals surface area contributed by atoms with Crippen molar-refractivity contribution in [2.24, 2.45) is 5.41 Å². The third-order valence-corrected chi connectivity index (χ3v) is 8.39. The number of aryl methyl sites for hydroxylation is 1. The highest BCUT2D eigenvalue weighted by atomic mass is 32.2. The summed E-state index contributed by atoms with van der Waals surface area (Å²) in [4.78, 5) is 19.8. The Bertz CT molecular complexity index is 1180. The fourth-order valence-electron chi connectivity index (χ4n) is 5.87. The lowest BCUT2D eigenvalue weighted by molar-refractivity contribution is 0.118. The van der Waals surface area contributed by atoms with Gasteiger partial charge in [-0.15, -0.1) is 5.10 Å². The Hall–Kier alpha value is -2.59. The molecule has 0 bridgehead atoms. The van der Waals surface area contributed by atoms with Crippen molar-refractivity contribution in [2.45, 2.75) is 45.6 Å². The van der Waals surface area contributed by atoms with Crippen LogP contribution < -0.4 is 9.62 Å². The normalized spacial score (nSPS) is 20.6. The predicted octanol–water partition coefficient (Wildman–Crippen LogP) is 3.12. The molecule has 0 saturated carbocycles. The Balaban J connectivity index is 1.16. The fraction of sp³-hybridized carbons (Fsp3) is 0.600. The third kappa shape index (κ3) is 5.48. The highest BCUT2D eigenvalue weighted by molar-refractivity contribution is 7.92. The average molecular weight is 501 g/mol. The molecule has 3 aliphatic heterocycles. The summed E-state index contributed by atoms with van der Waals surface area (Å²) in [6.45, 7) is 9.10. The van der Waals surface area contributed by atoms with Crippen molar-refractivity contribution in [3.8, 4) is 0 Å². The van der Waals surface area contributed by atoms with E-state index in [0.717, 1.165) is 38.7 Å². The summed E-state index contributed by atoms with van der Waals surface area (Å²) in [5.74, 6) is 0.157. The number of amides is 1. The van der Waals surface area contributed by atoms with Gasteiger partial charge in [-0.25, -0.2) is 13.2 Å². The molecule has 0 aliphatic carbocycles. The lowest BCUT2D eigenvalue weighted by Gasteiger charge is -2.39. The lowest BCUT2D eigenvalue weighted by Crippen LogP contribution is -2.45. The van der Waals surface area contributed by atoms with E-state index in [1.54, 1.807) is 0 Å². The molecule has 1 amide bonds. The van der Waals surface area contributed by atoms with Crippen LogP contribution in [0.4, 0.5) is 16.3 Å². The van der Waals surface area contributed by atoms with Gasteiger partial charge in [-0.05, 0) is 68.2 Å². The van der Waals surface area contributed by atoms with E-state index in [4.69, 9.17) is 0 Å². The number of piperidine rings is 1. The number of hydrogen-bond donors (Lipinski definition) is 1. The summed E-state index contributed by atoms with van der Waals surface area (Å²) < 4.78 is 26.3. The molecule has 3 aliphatic rings. The summed E-state index contributed by atoms with van der Waals surface area (Å²) in [6.07, 6.45) is 8.29. The number of anilines is 2. The van der Waals surface area contributed by atoms with Crippen LogP contribution in [0.1, 0.15) is 43.2 Å². The molecule has 0 radical (unpaired) electrons. The highest BCUT2D eigenvalue weighted by Gasteiger charge is 2.41. The molecule has 190 valence electrons. The van der Waals surface area contributed by atoms with Crippen molar-refractivity contribution >= 4 is 27.6 Å². The van der Waals surface area contributed by atoms with Crippen molar-refractivity contribution in [3.63, 3.8) is 0 Å². The number of benzene rings is 1. The molecule has 2 aromatic rings. The summed E-state index contributed by atoms with van der Waals surface area (Å²) in [6, 6.07) is 8.23. The maximum absolute atomic E-state index is 12.9. The van der Waals surface area contributed by atoms with Crippen molar-refractivity contribution in [1.82, 2.24) is 19.6 Å². The van der Waals surface area contributed by atoms with E-state index in [1.807, 2.05) is 4.90 Å². The molecule has 35 heavy (non-hydrogen) atoms. The zero-order chi connectivity index (χ0) is 24.6. The molecular formula is C25H36N6O3S. The Morgan fingerprint density at radius 2 is 1.77 bits per heavy atom. The largest absolute Gasteiger partial charge is 0.371 e. The zero-order valence-electron chi connectivity index (χ0n) is 20.7. The van der Waals surface area contributed by atoms with Gasteiger partial charge in [0.2, 0.25) is 10.0 Å². The fourth-order valence-corrected chi connectivity index (χ4v) is 6.36. The molecule has 1 aromatic carbocycles. The van der Waals surface area contributed by atoms with Crippen LogP contribution in [-0.4, -0.2) is 79.6 Å². The molecule has 4 heterocycles. The van der Waals surface area contributed by atoms with Crippen LogP contribution in [0, 0.1) is 12.3 Å². The highest BCUT2D eigenvalue weighted by Crippen LogP contribution is 2.41. The number of hydrogen-bond acceptors (Lipinski definition) is 6. The first-order chi connectivity index (χ1) is 16.7. The maximum atomic E-state index is 12.9. The second-order valence-corrected chi connectivity index (χ2v) is 12.3. The SMILES string of the molecule is Cc1ccc(CN2CCC3(CCN(C(=O)n4ccc(NS(C)(=O)=O)n4)CC3)C2)cc1N1CCCC1. The first-order valence-electron chi connectivity index (χ1n) is 12.6. The van der Waals surface area contributed by atoms with E-state index in [9.17, 15) is 13.2 Å². The summed E-state index contributed by atoms with van der Waals surface area (Å²) in [5.41, 5.74) is 4.42. The van der Waals surface area contributed by atoms with E-state index >= 15 is 0 Å². The Labute approximate surface area is 208 Å². The number of carbonyl (C=O) groups excluding carboxylic acids is 1. The van der Waals surface area contributed by atoms with Gasteiger partial charge in [-0.3, -0.25) is 9.62 Å². The third-order valence-electron chi connectivity index (χ3n) is 7.81. The van der Waals surface area contributed by atoms with Crippen LogP contribution in [0.3, 0.4) is 0 Å². The van der Waals surface area contributed by atoms with Crippen LogP contribution in [0.2, 0.25) is 0 Å². The Morgan fingerprint density at radius 1 is 1.06 bits per heavy atom. The first kappa shape index (κ1) is 24.1. The van der Waals surface area contributed by atoms with E-state index in [0.29, 0.717) is 13.1 Å².